The van der Waals surface area contributed by atoms with Crippen molar-refractivity contribution in [3.63, 3.8) is 0 Å². The highest BCUT2D eigenvalue weighted by Crippen LogP contribution is 2.24. The predicted octanol–water partition coefficient (Wildman–Crippen LogP) is 1.24. The monoisotopic (exact) mass is 319 g/mol. The van der Waals surface area contributed by atoms with Gasteiger partial charge in [0.2, 0.25) is 0 Å². The number of aliphatic carboxylic acids is 1. The van der Waals surface area contributed by atoms with Crippen LogP contribution in [-0.2, 0) is 16.1 Å². The van der Waals surface area contributed by atoms with Crippen LogP contribution in [0, 0.1) is 0 Å². The Morgan fingerprint density at radius 2 is 2.09 bits per heavy atom. The van der Waals surface area contributed by atoms with Gasteiger partial charge >= 0.3 is 5.97 Å². The average Bonchev–Trinajstić information content (AvgIpc) is 2.51. The number of carboxylic acids is 1. The van der Waals surface area contributed by atoms with Crippen LogP contribution in [0.3, 0.4) is 0 Å². The van der Waals surface area contributed by atoms with Crippen LogP contribution in [-0.4, -0.2) is 40.2 Å². The molecule has 0 bridgehead atoms. The summed E-state index contributed by atoms with van der Waals surface area (Å²) in [4.78, 5) is 36.0. The molecule has 0 saturated carbocycles. The van der Waals surface area contributed by atoms with Crippen molar-refractivity contribution < 1.29 is 14.7 Å². The van der Waals surface area contributed by atoms with E-state index in [9.17, 15) is 14.4 Å². The van der Waals surface area contributed by atoms with Crippen LogP contribution < -0.4 is 10.6 Å². The van der Waals surface area contributed by atoms with Crippen molar-refractivity contribution in [1.82, 2.24) is 9.58 Å². The molecular formula is C16H21N3O4. The summed E-state index contributed by atoms with van der Waals surface area (Å²) in [5.74, 6) is -1.39. The zero-order valence-corrected chi connectivity index (χ0v) is 13.6. The molecule has 7 heteroatoms. The number of hydrogen-bond acceptors (Lipinski definition) is 4. The second kappa shape index (κ2) is 6.68. The quantitative estimate of drug-likeness (QED) is 0.883. The summed E-state index contributed by atoms with van der Waals surface area (Å²) < 4.78 is 1.56. The number of aryl methyl sites for hydroxylation is 1. The van der Waals surface area contributed by atoms with Crippen molar-refractivity contribution in [2.45, 2.75) is 33.2 Å². The number of nitrogens with zero attached hydrogens (tertiary/aromatic N) is 3. The van der Waals surface area contributed by atoms with Crippen LogP contribution in [0.4, 0.5) is 5.69 Å². The van der Waals surface area contributed by atoms with Crippen molar-refractivity contribution in [2.75, 3.05) is 18.6 Å². The maximum absolute atomic E-state index is 12.6. The molecular weight excluding hydrogens is 298 g/mol. The highest BCUT2D eigenvalue weighted by atomic mass is 16.4. The van der Waals surface area contributed by atoms with Gasteiger partial charge in [-0.1, -0.05) is 5.57 Å². The molecule has 1 aliphatic heterocycles. The van der Waals surface area contributed by atoms with E-state index >= 15 is 0 Å². The number of aromatic nitrogens is 1. The molecule has 0 saturated heterocycles. The first-order valence-corrected chi connectivity index (χ1v) is 7.52. The molecule has 0 unspecified atom stereocenters. The fraction of sp³-hybridized carbons (Fsp3) is 0.438. The third-order valence-electron chi connectivity index (χ3n) is 4.09. The normalized spacial score (nSPS) is 15.1. The van der Waals surface area contributed by atoms with Crippen LogP contribution in [0.5, 0.6) is 0 Å². The fourth-order valence-corrected chi connectivity index (χ4v) is 2.68. The number of rotatable bonds is 5. The summed E-state index contributed by atoms with van der Waals surface area (Å²) in [5, 5.41) is 11.9. The van der Waals surface area contributed by atoms with E-state index < -0.39 is 5.97 Å². The third kappa shape index (κ3) is 3.28. The Labute approximate surface area is 134 Å². The van der Waals surface area contributed by atoms with Crippen LogP contribution >= 0.6 is 0 Å². The summed E-state index contributed by atoms with van der Waals surface area (Å²) in [7, 11) is 1.65. The fourth-order valence-electron chi connectivity index (χ4n) is 2.68. The van der Waals surface area contributed by atoms with Gasteiger partial charge in [0.05, 0.1) is 6.42 Å². The lowest BCUT2D eigenvalue weighted by Crippen LogP contribution is -2.50. The van der Waals surface area contributed by atoms with Gasteiger partial charge in [0.1, 0.15) is 5.69 Å². The Morgan fingerprint density at radius 1 is 1.39 bits per heavy atom. The Hall–Kier alpha value is -2.57. The molecule has 2 rings (SSSR count). The van der Waals surface area contributed by atoms with E-state index in [1.165, 1.54) is 10.0 Å². The van der Waals surface area contributed by atoms with E-state index in [0.29, 0.717) is 30.8 Å². The van der Waals surface area contributed by atoms with Crippen molar-refractivity contribution in [3.8, 4) is 0 Å². The van der Waals surface area contributed by atoms with Crippen LogP contribution in [0.1, 0.15) is 26.7 Å². The Morgan fingerprint density at radius 3 is 2.70 bits per heavy atom. The second-order valence-electron chi connectivity index (χ2n) is 5.52. The van der Waals surface area contributed by atoms with E-state index in [2.05, 4.69) is 0 Å². The summed E-state index contributed by atoms with van der Waals surface area (Å²) in [5.41, 5.74) is 1.29. The van der Waals surface area contributed by atoms with E-state index in [0.717, 1.165) is 5.57 Å². The lowest BCUT2D eigenvalue weighted by atomic mass is 9.99. The Kier molecular flexibility index (Phi) is 4.88. The van der Waals surface area contributed by atoms with Gasteiger partial charge in [-0.25, -0.2) is 5.01 Å². The van der Waals surface area contributed by atoms with Gasteiger partial charge in [-0.15, -0.1) is 0 Å². The highest BCUT2D eigenvalue weighted by molar-refractivity contribution is 5.99. The number of carbonyl (C=O) groups excluding carboxylic acids is 1. The molecule has 0 spiro atoms. The summed E-state index contributed by atoms with van der Waals surface area (Å²) >= 11 is 0. The van der Waals surface area contributed by atoms with Gasteiger partial charge in [-0.3, -0.25) is 19.4 Å². The third-order valence-corrected chi connectivity index (χ3v) is 4.09. The summed E-state index contributed by atoms with van der Waals surface area (Å²) in [6.07, 6.45) is 1.98. The van der Waals surface area contributed by atoms with Crippen molar-refractivity contribution >= 4 is 17.6 Å². The van der Waals surface area contributed by atoms with Gasteiger partial charge in [0, 0.05) is 31.9 Å². The number of hydrogen-bond donors (Lipinski definition) is 1. The molecule has 0 aliphatic carbocycles. The predicted molar refractivity (Wildman–Crippen MR) is 86.1 cm³/mol. The van der Waals surface area contributed by atoms with Crippen LogP contribution in [0.25, 0.3) is 0 Å². The first-order chi connectivity index (χ1) is 10.9. The number of carboxylic acid groups (broad SMARTS) is 1. The molecule has 1 N–H and O–H groups in total. The zero-order chi connectivity index (χ0) is 17.1. The van der Waals surface area contributed by atoms with Crippen molar-refractivity contribution in [1.29, 1.82) is 0 Å². The van der Waals surface area contributed by atoms with E-state index in [-0.39, 0.29) is 17.9 Å². The van der Waals surface area contributed by atoms with Crippen molar-refractivity contribution in [3.05, 3.63) is 39.8 Å². The first kappa shape index (κ1) is 16.8. The van der Waals surface area contributed by atoms with Gasteiger partial charge in [-0.2, -0.15) is 0 Å². The van der Waals surface area contributed by atoms with E-state index in [1.807, 2.05) is 6.92 Å². The number of carbonyl (C=O) groups is 2. The van der Waals surface area contributed by atoms with Gasteiger partial charge in [0.25, 0.3) is 11.5 Å². The minimum absolute atomic E-state index is 0.184. The number of anilines is 1. The first-order valence-electron chi connectivity index (χ1n) is 7.52. The lowest BCUT2D eigenvalue weighted by Gasteiger charge is -2.37. The lowest BCUT2D eigenvalue weighted by molar-refractivity contribution is -0.138. The molecule has 0 aromatic carbocycles. The molecule has 23 heavy (non-hydrogen) atoms. The maximum Gasteiger partial charge on any atom is 0.308 e. The van der Waals surface area contributed by atoms with Gasteiger partial charge < -0.3 is 9.67 Å². The van der Waals surface area contributed by atoms with Gasteiger partial charge in [0.15, 0.2) is 0 Å². The molecule has 7 nitrogen and oxygen atoms in total. The van der Waals surface area contributed by atoms with E-state index in [4.69, 9.17) is 5.11 Å². The number of pyridine rings is 1. The van der Waals surface area contributed by atoms with Crippen LogP contribution in [0.15, 0.2) is 34.3 Å². The second-order valence-corrected chi connectivity index (χ2v) is 5.52. The molecule has 0 radical (unpaired) electrons. The topological polar surface area (TPSA) is 82.8 Å². The highest BCUT2D eigenvalue weighted by Gasteiger charge is 2.30. The minimum atomic E-state index is -1.04. The van der Waals surface area contributed by atoms with Gasteiger partial charge in [-0.05, 0) is 32.4 Å². The zero-order valence-electron chi connectivity index (χ0n) is 13.6. The molecule has 1 aromatic heterocycles. The number of amides is 1. The molecule has 1 aromatic rings. The smallest absolute Gasteiger partial charge is 0.308 e. The standard InChI is InChI=1S/C16H21N3O4/c1-4-18-8-5-6-13(16(18)23)17(3)19-9-7-11(2)12(15(19)22)10-14(20)21/h5-6,8H,4,7,9-10H2,1-3H3,(H,20,21). The molecule has 124 valence electrons. The molecule has 0 atom stereocenters. The summed E-state index contributed by atoms with van der Waals surface area (Å²) in [6, 6.07) is 3.41. The van der Waals surface area contributed by atoms with Crippen molar-refractivity contribution in [2.24, 2.45) is 0 Å². The minimum Gasteiger partial charge on any atom is -0.481 e. The Balaban J connectivity index is 2.34. The SMILES string of the molecule is CCn1cccc(N(C)N2CCC(C)=C(CC(=O)O)C2=O)c1=O. The number of hydrazine groups is 1. The molecule has 1 amide bonds. The van der Waals surface area contributed by atoms with E-state index in [1.54, 1.807) is 36.9 Å². The Bertz CT molecular complexity index is 720. The average molecular weight is 319 g/mol. The largest absolute Gasteiger partial charge is 0.481 e. The summed E-state index contributed by atoms with van der Waals surface area (Å²) in [6.45, 7) is 4.61. The molecule has 2 heterocycles. The van der Waals surface area contributed by atoms with Crippen LogP contribution in [0.2, 0.25) is 0 Å². The molecule has 0 fully saturated rings. The molecule has 1 aliphatic rings. The maximum atomic E-state index is 12.6.